The van der Waals surface area contributed by atoms with Crippen LogP contribution in [0.25, 0.3) is 0 Å². The molecular weight excluding hydrogens is 299 g/mol. The van der Waals surface area contributed by atoms with Crippen molar-refractivity contribution in [2.24, 2.45) is 0 Å². The lowest BCUT2D eigenvalue weighted by atomic mass is 9.84. The Kier molecular flexibility index (Phi) is 4.44. The number of hydrogen-bond donors (Lipinski definition) is 1. The van der Waals surface area contributed by atoms with Crippen molar-refractivity contribution in [3.05, 3.63) is 70.8 Å². The van der Waals surface area contributed by atoms with E-state index >= 15 is 0 Å². The van der Waals surface area contributed by atoms with Gasteiger partial charge < -0.3 is 5.32 Å². The van der Waals surface area contributed by atoms with Gasteiger partial charge in [-0.3, -0.25) is 0 Å². The molecule has 23 heavy (non-hydrogen) atoms. The third-order valence-electron chi connectivity index (χ3n) is 4.58. The standard InChI is InChI=1S/C19H20F3N/c1-13(14-6-3-2-4-7-14)23-16-11-10-15-8-5-9-18(17(15)12-16)19(20,21)22/h2-9,13,16,23H,10-12H2,1H3. The molecule has 0 aromatic heterocycles. The summed E-state index contributed by atoms with van der Waals surface area (Å²) in [6, 6.07) is 14.7. The van der Waals surface area contributed by atoms with E-state index in [0.717, 1.165) is 17.5 Å². The Morgan fingerprint density at radius 1 is 1.04 bits per heavy atom. The van der Waals surface area contributed by atoms with Gasteiger partial charge in [0.25, 0.3) is 0 Å². The average Bonchev–Trinajstić information content (AvgIpc) is 2.54. The molecule has 0 heterocycles. The third kappa shape index (κ3) is 3.58. The molecule has 0 aliphatic heterocycles. The maximum absolute atomic E-state index is 13.2. The summed E-state index contributed by atoms with van der Waals surface area (Å²) in [4.78, 5) is 0. The fourth-order valence-electron chi connectivity index (χ4n) is 3.39. The highest BCUT2D eigenvalue weighted by atomic mass is 19.4. The quantitative estimate of drug-likeness (QED) is 0.847. The van der Waals surface area contributed by atoms with Crippen molar-refractivity contribution >= 4 is 0 Å². The summed E-state index contributed by atoms with van der Waals surface area (Å²) in [6.45, 7) is 2.06. The normalized spacial score (nSPS) is 19.2. The van der Waals surface area contributed by atoms with Gasteiger partial charge in [0.15, 0.2) is 0 Å². The summed E-state index contributed by atoms with van der Waals surface area (Å²) in [5.74, 6) is 0. The highest BCUT2D eigenvalue weighted by molar-refractivity contribution is 5.39. The number of rotatable bonds is 3. The summed E-state index contributed by atoms with van der Waals surface area (Å²) in [6.07, 6.45) is -2.29. The van der Waals surface area contributed by atoms with Gasteiger partial charge in [0, 0.05) is 12.1 Å². The van der Waals surface area contributed by atoms with E-state index in [2.05, 4.69) is 12.2 Å². The summed E-state index contributed by atoms with van der Waals surface area (Å²) in [5, 5.41) is 3.49. The van der Waals surface area contributed by atoms with E-state index in [-0.39, 0.29) is 12.1 Å². The maximum Gasteiger partial charge on any atom is 0.416 e. The number of fused-ring (bicyclic) bond motifs is 1. The van der Waals surface area contributed by atoms with Crippen molar-refractivity contribution < 1.29 is 13.2 Å². The van der Waals surface area contributed by atoms with E-state index in [0.29, 0.717) is 18.4 Å². The smallest absolute Gasteiger partial charge is 0.307 e. The topological polar surface area (TPSA) is 12.0 Å². The molecule has 1 aliphatic rings. The number of aryl methyl sites for hydroxylation is 1. The van der Waals surface area contributed by atoms with Gasteiger partial charge in [-0.25, -0.2) is 0 Å². The molecule has 1 N–H and O–H groups in total. The minimum atomic E-state index is -4.28. The minimum Gasteiger partial charge on any atom is -0.307 e. The average molecular weight is 319 g/mol. The first-order chi connectivity index (χ1) is 10.9. The summed E-state index contributed by atoms with van der Waals surface area (Å²) in [7, 11) is 0. The number of alkyl halides is 3. The molecule has 2 unspecified atom stereocenters. The fraction of sp³-hybridized carbons (Fsp3) is 0.368. The molecule has 2 atom stereocenters. The lowest BCUT2D eigenvalue weighted by molar-refractivity contribution is -0.138. The second-order valence-corrected chi connectivity index (χ2v) is 6.18. The fourth-order valence-corrected chi connectivity index (χ4v) is 3.39. The second-order valence-electron chi connectivity index (χ2n) is 6.18. The van der Waals surface area contributed by atoms with Crippen LogP contribution in [0, 0.1) is 0 Å². The van der Waals surface area contributed by atoms with Crippen LogP contribution in [0.15, 0.2) is 48.5 Å². The van der Waals surface area contributed by atoms with Crippen LogP contribution >= 0.6 is 0 Å². The van der Waals surface area contributed by atoms with Gasteiger partial charge in [0.1, 0.15) is 0 Å². The number of nitrogens with one attached hydrogen (secondary N) is 1. The molecule has 1 aliphatic carbocycles. The van der Waals surface area contributed by atoms with Crippen LogP contribution in [0.5, 0.6) is 0 Å². The Labute approximate surface area is 134 Å². The Morgan fingerprint density at radius 3 is 2.48 bits per heavy atom. The molecule has 4 heteroatoms. The number of halogens is 3. The lowest BCUT2D eigenvalue weighted by Gasteiger charge is -2.30. The molecule has 0 bridgehead atoms. The molecule has 0 spiro atoms. The highest BCUT2D eigenvalue weighted by Crippen LogP contribution is 2.36. The van der Waals surface area contributed by atoms with Crippen LogP contribution < -0.4 is 5.32 Å². The molecule has 0 saturated heterocycles. The molecule has 1 nitrogen and oxygen atoms in total. The predicted molar refractivity (Wildman–Crippen MR) is 85.2 cm³/mol. The van der Waals surface area contributed by atoms with Gasteiger partial charge in [-0.1, -0.05) is 42.5 Å². The Morgan fingerprint density at radius 2 is 1.78 bits per heavy atom. The van der Waals surface area contributed by atoms with Crippen LogP contribution in [0.1, 0.15) is 41.6 Å². The third-order valence-corrected chi connectivity index (χ3v) is 4.58. The number of hydrogen-bond acceptors (Lipinski definition) is 1. The number of benzene rings is 2. The van der Waals surface area contributed by atoms with Gasteiger partial charge in [0.2, 0.25) is 0 Å². The van der Waals surface area contributed by atoms with E-state index in [4.69, 9.17) is 0 Å². The first kappa shape index (κ1) is 16.1. The van der Waals surface area contributed by atoms with Crippen molar-refractivity contribution in [1.82, 2.24) is 5.32 Å². The van der Waals surface area contributed by atoms with Gasteiger partial charge in [-0.05, 0) is 48.9 Å². The Hall–Kier alpha value is -1.81. The van der Waals surface area contributed by atoms with Crippen LogP contribution in [0.3, 0.4) is 0 Å². The maximum atomic E-state index is 13.2. The van der Waals surface area contributed by atoms with Crippen molar-refractivity contribution in [2.45, 2.75) is 44.4 Å². The van der Waals surface area contributed by atoms with Gasteiger partial charge in [0.05, 0.1) is 5.56 Å². The summed E-state index contributed by atoms with van der Waals surface area (Å²) in [5.41, 5.74) is 1.98. The van der Waals surface area contributed by atoms with E-state index in [1.165, 1.54) is 12.1 Å². The van der Waals surface area contributed by atoms with Crippen molar-refractivity contribution in [1.29, 1.82) is 0 Å². The minimum absolute atomic E-state index is 0.0706. The van der Waals surface area contributed by atoms with Gasteiger partial charge in [-0.2, -0.15) is 13.2 Å². The van der Waals surface area contributed by atoms with Crippen molar-refractivity contribution in [2.75, 3.05) is 0 Å². The largest absolute Gasteiger partial charge is 0.416 e. The van der Waals surface area contributed by atoms with Gasteiger partial charge >= 0.3 is 6.18 Å². The molecule has 0 fully saturated rings. The highest BCUT2D eigenvalue weighted by Gasteiger charge is 2.35. The monoisotopic (exact) mass is 319 g/mol. The zero-order valence-corrected chi connectivity index (χ0v) is 13.0. The van der Waals surface area contributed by atoms with Crippen molar-refractivity contribution in [3.8, 4) is 0 Å². The zero-order chi connectivity index (χ0) is 16.4. The Balaban J connectivity index is 1.78. The first-order valence-electron chi connectivity index (χ1n) is 7.94. The van der Waals surface area contributed by atoms with E-state index < -0.39 is 11.7 Å². The molecule has 0 radical (unpaired) electrons. The van der Waals surface area contributed by atoms with Crippen LogP contribution in [0.2, 0.25) is 0 Å². The molecule has 3 rings (SSSR count). The van der Waals surface area contributed by atoms with Crippen LogP contribution in [-0.4, -0.2) is 6.04 Å². The summed E-state index contributed by atoms with van der Waals surface area (Å²) < 4.78 is 39.6. The lowest BCUT2D eigenvalue weighted by Crippen LogP contribution is -2.37. The zero-order valence-electron chi connectivity index (χ0n) is 13.0. The van der Waals surface area contributed by atoms with E-state index in [1.54, 1.807) is 0 Å². The van der Waals surface area contributed by atoms with E-state index in [1.807, 2.05) is 36.4 Å². The van der Waals surface area contributed by atoms with Crippen LogP contribution in [0.4, 0.5) is 13.2 Å². The van der Waals surface area contributed by atoms with Crippen LogP contribution in [-0.2, 0) is 19.0 Å². The summed E-state index contributed by atoms with van der Waals surface area (Å²) >= 11 is 0. The molecule has 122 valence electrons. The Bertz CT molecular complexity index is 664. The molecule has 0 amide bonds. The van der Waals surface area contributed by atoms with E-state index in [9.17, 15) is 13.2 Å². The SMILES string of the molecule is CC(NC1CCc2cccc(C(F)(F)F)c2C1)c1ccccc1. The van der Waals surface area contributed by atoms with Gasteiger partial charge in [-0.15, -0.1) is 0 Å². The van der Waals surface area contributed by atoms with Crippen molar-refractivity contribution in [3.63, 3.8) is 0 Å². The molecule has 0 saturated carbocycles. The molecular formula is C19H20F3N. The molecule has 2 aromatic rings. The molecule has 2 aromatic carbocycles. The predicted octanol–water partition coefficient (Wildman–Crippen LogP) is 4.91. The first-order valence-corrected chi connectivity index (χ1v) is 7.94. The second kappa shape index (κ2) is 6.36.